The average Bonchev–Trinajstić information content (AvgIpc) is 3.14. The number of aliphatic carboxylic acids is 1. The van der Waals surface area contributed by atoms with Gasteiger partial charge in [0.25, 0.3) is 5.91 Å². The lowest BCUT2D eigenvalue weighted by Crippen LogP contribution is -2.55. The summed E-state index contributed by atoms with van der Waals surface area (Å²) in [6.45, 7) is 2.01. The third-order valence-corrected chi connectivity index (χ3v) is 7.25. The van der Waals surface area contributed by atoms with Crippen LogP contribution in [0.15, 0.2) is 71.6 Å². The normalized spacial score (nSPS) is 14.1. The van der Waals surface area contributed by atoms with Crippen molar-refractivity contribution in [2.75, 3.05) is 5.75 Å². The third kappa shape index (κ3) is 4.84. The first-order valence-electron chi connectivity index (χ1n) is 10.5. The van der Waals surface area contributed by atoms with Gasteiger partial charge in [-0.25, -0.2) is 4.79 Å². The predicted octanol–water partition coefficient (Wildman–Crippen LogP) is 5.34. The van der Waals surface area contributed by atoms with E-state index in [1.807, 2.05) is 67.6 Å². The molecule has 0 saturated carbocycles. The highest BCUT2D eigenvalue weighted by atomic mass is 35.5. The number of nitrogens with one attached hydrogen (secondary N) is 1. The number of benzene rings is 3. The van der Waals surface area contributed by atoms with Gasteiger partial charge in [-0.3, -0.25) is 4.79 Å². The number of carboxylic acid groups (broad SMARTS) is 1. The number of amides is 1. The second kappa shape index (κ2) is 9.39. The van der Waals surface area contributed by atoms with E-state index in [0.29, 0.717) is 5.56 Å². The van der Waals surface area contributed by atoms with Gasteiger partial charge in [0.2, 0.25) is 0 Å². The molecule has 0 atom stereocenters. The van der Waals surface area contributed by atoms with Crippen molar-refractivity contribution in [3.8, 4) is 0 Å². The number of carboxylic acids is 1. The molecule has 0 spiro atoms. The molecule has 0 bridgehead atoms. The Labute approximate surface area is 197 Å². The fourth-order valence-corrected chi connectivity index (χ4v) is 5.34. The molecule has 32 heavy (non-hydrogen) atoms. The van der Waals surface area contributed by atoms with Gasteiger partial charge in [0.15, 0.2) is 0 Å². The van der Waals surface area contributed by atoms with Crippen LogP contribution in [0.3, 0.4) is 0 Å². The van der Waals surface area contributed by atoms with Crippen molar-refractivity contribution in [2.45, 2.75) is 36.6 Å². The molecule has 6 heteroatoms. The van der Waals surface area contributed by atoms with Crippen LogP contribution in [0, 0.1) is 6.92 Å². The Kier molecular flexibility index (Phi) is 6.58. The standard InChI is InChI=1S/C26H24ClNO3S/c1-17-9-10-19(14-23(17)32-12-11-18-5-4-8-22(27)13-18)24(29)28-26(25(30)31)15-20-6-2-3-7-21(20)16-26/h2-10,13-14H,11-12,15-16H2,1H3,(H,28,29)(H,30,31). The Morgan fingerprint density at radius 2 is 1.75 bits per heavy atom. The van der Waals surface area contributed by atoms with Crippen molar-refractivity contribution in [2.24, 2.45) is 0 Å². The number of hydrogen-bond donors (Lipinski definition) is 2. The monoisotopic (exact) mass is 465 g/mol. The van der Waals surface area contributed by atoms with E-state index in [2.05, 4.69) is 5.32 Å². The molecule has 0 unspecified atom stereocenters. The van der Waals surface area contributed by atoms with Gasteiger partial charge < -0.3 is 10.4 Å². The Bertz CT molecular complexity index is 1150. The number of aryl methyl sites for hydroxylation is 2. The molecule has 0 fully saturated rings. The van der Waals surface area contributed by atoms with Crippen LogP contribution in [0.1, 0.15) is 32.6 Å². The number of hydrogen-bond acceptors (Lipinski definition) is 3. The maximum Gasteiger partial charge on any atom is 0.330 e. The quantitative estimate of drug-likeness (QED) is 0.462. The first-order chi connectivity index (χ1) is 15.4. The molecule has 1 amide bonds. The maximum absolute atomic E-state index is 13.1. The SMILES string of the molecule is Cc1ccc(C(=O)NC2(C(=O)O)Cc3ccccc3C2)cc1SCCc1cccc(Cl)c1. The zero-order chi connectivity index (χ0) is 22.7. The fraction of sp³-hybridized carbons (Fsp3) is 0.231. The van der Waals surface area contributed by atoms with Crippen molar-refractivity contribution in [1.82, 2.24) is 5.32 Å². The summed E-state index contributed by atoms with van der Waals surface area (Å²) in [4.78, 5) is 26.2. The van der Waals surface area contributed by atoms with Gasteiger partial charge in [-0.1, -0.05) is 54.1 Å². The van der Waals surface area contributed by atoms with Crippen molar-refractivity contribution in [1.29, 1.82) is 0 Å². The first-order valence-corrected chi connectivity index (χ1v) is 11.8. The molecule has 0 saturated heterocycles. The van der Waals surface area contributed by atoms with Crippen LogP contribution < -0.4 is 5.32 Å². The zero-order valence-electron chi connectivity index (χ0n) is 17.7. The van der Waals surface area contributed by atoms with Gasteiger partial charge in [0.05, 0.1) is 0 Å². The number of carbonyl (C=O) groups excluding carboxylic acids is 1. The predicted molar refractivity (Wildman–Crippen MR) is 129 cm³/mol. The van der Waals surface area contributed by atoms with Crippen LogP contribution in [-0.4, -0.2) is 28.3 Å². The number of carbonyl (C=O) groups is 2. The van der Waals surface area contributed by atoms with Crippen LogP contribution in [0.5, 0.6) is 0 Å². The van der Waals surface area contributed by atoms with Crippen LogP contribution in [0.4, 0.5) is 0 Å². The van der Waals surface area contributed by atoms with Crippen molar-refractivity contribution < 1.29 is 14.7 Å². The molecule has 3 aromatic carbocycles. The first kappa shape index (κ1) is 22.4. The number of halogens is 1. The molecule has 164 valence electrons. The summed E-state index contributed by atoms with van der Waals surface area (Å²) >= 11 is 7.74. The number of thioether (sulfide) groups is 1. The van der Waals surface area contributed by atoms with Gasteiger partial charge in [0, 0.05) is 34.1 Å². The second-order valence-electron chi connectivity index (χ2n) is 8.17. The molecule has 2 N–H and O–H groups in total. The summed E-state index contributed by atoms with van der Waals surface area (Å²) in [5, 5.41) is 13.5. The highest BCUT2D eigenvalue weighted by molar-refractivity contribution is 7.99. The van der Waals surface area contributed by atoms with Crippen LogP contribution in [-0.2, 0) is 24.1 Å². The number of fused-ring (bicyclic) bond motifs is 1. The highest BCUT2D eigenvalue weighted by Gasteiger charge is 2.45. The molecular weight excluding hydrogens is 442 g/mol. The Morgan fingerprint density at radius 3 is 2.41 bits per heavy atom. The van der Waals surface area contributed by atoms with Gasteiger partial charge in [-0.15, -0.1) is 11.8 Å². The lowest BCUT2D eigenvalue weighted by Gasteiger charge is -2.25. The fourth-order valence-electron chi connectivity index (χ4n) is 4.07. The largest absolute Gasteiger partial charge is 0.479 e. The molecule has 0 aliphatic heterocycles. The highest BCUT2D eigenvalue weighted by Crippen LogP contribution is 2.31. The van der Waals surface area contributed by atoms with Gasteiger partial charge >= 0.3 is 5.97 Å². The second-order valence-corrected chi connectivity index (χ2v) is 9.75. The minimum Gasteiger partial charge on any atom is -0.479 e. The van der Waals surface area contributed by atoms with E-state index in [4.69, 9.17) is 11.6 Å². The average molecular weight is 466 g/mol. The van der Waals surface area contributed by atoms with E-state index in [1.54, 1.807) is 17.8 Å². The van der Waals surface area contributed by atoms with Crippen molar-refractivity contribution in [3.63, 3.8) is 0 Å². The molecule has 3 aromatic rings. The molecule has 1 aliphatic carbocycles. The Morgan fingerprint density at radius 1 is 1.03 bits per heavy atom. The van der Waals surface area contributed by atoms with Crippen LogP contribution in [0.25, 0.3) is 0 Å². The minimum atomic E-state index is -1.31. The summed E-state index contributed by atoms with van der Waals surface area (Å²) in [5.74, 6) is -0.525. The van der Waals surface area contributed by atoms with E-state index in [1.165, 1.54) is 5.56 Å². The summed E-state index contributed by atoms with van der Waals surface area (Å²) in [6, 6.07) is 21.0. The topological polar surface area (TPSA) is 66.4 Å². The molecule has 4 rings (SSSR count). The Balaban J connectivity index is 1.46. The summed E-state index contributed by atoms with van der Waals surface area (Å²) in [7, 11) is 0. The molecular formula is C26H24ClNO3S. The lowest BCUT2D eigenvalue weighted by molar-refractivity contribution is -0.144. The summed E-state index contributed by atoms with van der Waals surface area (Å²) in [6.07, 6.45) is 1.44. The van der Waals surface area contributed by atoms with Crippen LogP contribution in [0.2, 0.25) is 5.02 Å². The summed E-state index contributed by atoms with van der Waals surface area (Å²) < 4.78 is 0. The molecule has 0 radical (unpaired) electrons. The van der Waals surface area contributed by atoms with Crippen molar-refractivity contribution >= 4 is 35.2 Å². The van der Waals surface area contributed by atoms with E-state index < -0.39 is 11.5 Å². The van der Waals surface area contributed by atoms with Gasteiger partial charge in [-0.05, 0) is 59.9 Å². The lowest BCUT2D eigenvalue weighted by atomic mass is 9.95. The third-order valence-electron chi connectivity index (χ3n) is 5.85. The maximum atomic E-state index is 13.1. The smallest absolute Gasteiger partial charge is 0.330 e. The van der Waals surface area contributed by atoms with Crippen molar-refractivity contribution in [3.05, 3.63) is 99.6 Å². The summed E-state index contributed by atoms with van der Waals surface area (Å²) in [5.41, 5.74) is 3.34. The van der Waals surface area contributed by atoms with E-state index in [0.717, 1.165) is 38.8 Å². The molecule has 0 aromatic heterocycles. The molecule has 0 heterocycles. The van der Waals surface area contributed by atoms with E-state index in [-0.39, 0.29) is 18.7 Å². The molecule has 1 aliphatic rings. The zero-order valence-corrected chi connectivity index (χ0v) is 19.3. The van der Waals surface area contributed by atoms with Gasteiger partial charge in [-0.2, -0.15) is 0 Å². The Hall–Kier alpha value is -2.76. The van der Waals surface area contributed by atoms with E-state index >= 15 is 0 Å². The minimum absolute atomic E-state index is 0.289. The van der Waals surface area contributed by atoms with Gasteiger partial charge in [0.1, 0.15) is 5.54 Å². The van der Waals surface area contributed by atoms with Crippen LogP contribution >= 0.6 is 23.4 Å². The number of rotatable bonds is 7. The molecule has 4 nitrogen and oxygen atoms in total. The van der Waals surface area contributed by atoms with E-state index in [9.17, 15) is 14.7 Å².